The molecule has 0 heterocycles. The van der Waals surface area contributed by atoms with Gasteiger partial charge in [-0.3, -0.25) is 4.79 Å². The fourth-order valence-corrected chi connectivity index (χ4v) is 2.59. The first-order valence-electron chi connectivity index (χ1n) is 8.83. The summed E-state index contributed by atoms with van der Waals surface area (Å²) in [5, 5.41) is 2.91. The van der Waals surface area contributed by atoms with Crippen molar-refractivity contribution >= 4 is 18.3 Å². The molecule has 2 aromatic carbocycles. The van der Waals surface area contributed by atoms with Crippen molar-refractivity contribution in [2.24, 2.45) is 5.73 Å². The van der Waals surface area contributed by atoms with E-state index < -0.39 is 0 Å². The van der Waals surface area contributed by atoms with Crippen LogP contribution in [-0.2, 0) is 11.2 Å². The van der Waals surface area contributed by atoms with Crippen molar-refractivity contribution in [2.75, 3.05) is 13.2 Å². The maximum absolute atomic E-state index is 12.1. The van der Waals surface area contributed by atoms with Gasteiger partial charge in [0.15, 0.2) is 0 Å². The number of carbonyl (C=O) groups excluding carboxylic acids is 1. The lowest BCUT2D eigenvalue weighted by Crippen LogP contribution is -2.32. The van der Waals surface area contributed by atoms with E-state index in [0.717, 1.165) is 16.9 Å². The van der Waals surface area contributed by atoms with Crippen LogP contribution in [0, 0.1) is 0 Å². The summed E-state index contributed by atoms with van der Waals surface area (Å²) in [6.07, 6.45) is 0.339. The summed E-state index contributed by atoms with van der Waals surface area (Å²) in [6, 6.07) is 15.7. The molecule has 0 spiro atoms. The second kappa shape index (κ2) is 10.8. The van der Waals surface area contributed by atoms with Gasteiger partial charge in [-0.15, -0.1) is 12.4 Å². The van der Waals surface area contributed by atoms with Crippen LogP contribution in [0.3, 0.4) is 0 Å². The van der Waals surface area contributed by atoms with Gasteiger partial charge in [0.2, 0.25) is 5.91 Å². The molecule has 0 fully saturated rings. The van der Waals surface area contributed by atoms with Crippen LogP contribution in [0.15, 0.2) is 48.5 Å². The molecule has 142 valence electrons. The van der Waals surface area contributed by atoms with E-state index in [2.05, 4.69) is 31.3 Å². The maximum Gasteiger partial charge on any atom is 0.224 e. The van der Waals surface area contributed by atoms with Crippen LogP contribution in [0.2, 0.25) is 0 Å². The van der Waals surface area contributed by atoms with Crippen molar-refractivity contribution in [1.82, 2.24) is 5.32 Å². The van der Waals surface area contributed by atoms with Gasteiger partial charge >= 0.3 is 0 Å². The van der Waals surface area contributed by atoms with Gasteiger partial charge in [0.1, 0.15) is 5.75 Å². The molecule has 1 amide bonds. The first-order valence-corrected chi connectivity index (χ1v) is 8.83. The highest BCUT2D eigenvalue weighted by Gasteiger charge is 2.10. The van der Waals surface area contributed by atoms with E-state index in [1.807, 2.05) is 43.3 Å². The Morgan fingerprint density at radius 1 is 1.04 bits per heavy atom. The minimum Gasteiger partial charge on any atom is -0.494 e. The molecule has 1 atom stereocenters. The molecular formula is C21H29ClN2O2. The van der Waals surface area contributed by atoms with E-state index in [1.165, 1.54) is 5.56 Å². The standard InChI is InChI=1S/C21H28N2O2.ClH/c1-4-25-19-11-5-16(6-12-19)13-21(24)23-14-20(22)18-9-7-17(8-10-18)15(2)3;/h5-12,15,20H,4,13-14,22H2,1-3H3,(H,23,24);1H. The minimum atomic E-state index is -0.203. The Morgan fingerprint density at radius 2 is 1.62 bits per heavy atom. The van der Waals surface area contributed by atoms with Gasteiger partial charge in [0, 0.05) is 12.6 Å². The topological polar surface area (TPSA) is 64.3 Å². The van der Waals surface area contributed by atoms with Crippen molar-refractivity contribution in [3.8, 4) is 5.75 Å². The van der Waals surface area contributed by atoms with Gasteiger partial charge < -0.3 is 15.8 Å². The predicted octanol–water partition coefficient (Wildman–Crippen LogP) is 3.99. The number of halogens is 1. The summed E-state index contributed by atoms with van der Waals surface area (Å²) < 4.78 is 5.40. The Labute approximate surface area is 162 Å². The van der Waals surface area contributed by atoms with E-state index >= 15 is 0 Å². The van der Waals surface area contributed by atoms with Crippen LogP contribution in [0.25, 0.3) is 0 Å². The van der Waals surface area contributed by atoms with Crippen molar-refractivity contribution in [2.45, 2.75) is 39.2 Å². The van der Waals surface area contributed by atoms with Gasteiger partial charge in [0.05, 0.1) is 13.0 Å². The Morgan fingerprint density at radius 3 is 2.15 bits per heavy atom. The van der Waals surface area contributed by atoms with Crippen LogP contribution >= 0.6 is 12.4 Å². The minimum absolute atomic E-state index is 0. The Balaban J connectivity index is 0.00000338. The molecule has 5 heteroatoms. The second-order valence-electron chi connectivity index (χ2n) is 6.49. The summed E-state index contributed by atoms with van der Waals surface area (Å²) in [7, 11) is 0. The molecule has 3 N–H and O–H groups in total. The lowest BCUT2D eigenvalue weighted by molar-refractivity contribution is -0.120. The van der Waals surface area contributed by atoms with E-state index in [9.17, 15) is 4.79 Å². The van der Waals surface area contributed by atoms with Crippen molar-refractivity contribution in [1.29, 1.82) is 0 Å². The van der Waals surface area contributed by atoms with Crippen LogP contribution in [0.5, 0.6) is 5.75 Å². The van der Waals surface area contributed by atoms with Crippen LogP contribution in [0.4, 0.5) is 0 Å². The van der Waals surface area contributed by atoms with E-state index in [4.69, 9.17) is 10.5 Å². The van der Waals surface area contributed by atoms with E-state index in [1.54, 1.807) is 0 Å². The molecule has 2 rings (SSSR count). The number of hydrogen-bond acceptors (Lipinski definition) is 3. The van der Waals surface area contributed by atoms with Crippen molar-refractivity contribution in [3.63, 3.8) is 0 Å². The number of carbonyl (C=O) groups is 1. The zero-order valence-electron chi connectivity index (χ0n) is 15.7. The third kappa shape index (κ3) is 6.70. The number of ether oxygens (including phenoxy) is 1. The highest BCUT2D eigenvalue weighted by Crippen LogP contribution is 2.17. The third-order valence-corrected chi connectivity index (χ3v) is 4.15. The number of amides is 1. The molecule has 1 unspecified atom stereocenters. The monoisotopic (exact) mass is 376 g/mol. The summed E-state index contributed by atoms with van der Waals surface area (Å²) in [4.78, 5) is 12.1. The lowest BCUT2D eigenvalue weighted by Gasteiger charge is -2.15. The van der Waals surface area contributed by atoms with Gasteiger partial charge in [0.25, 0.3) is 0 Å². The summed E-state index contributed by atoms with van der Waals surface area (Å²) in [5.41, 5.74) is 9.46. The van der Waals surface area contributed by atoms with Crippen LogP contribution < -0.4 is 15.8 Å². The quantitative estimate of drug-likeness (QED) is 0.732. The average Bonchev–Trinajstić information content (AvgIpc) is 2.61. The Bertz CT molecular complexity index is 669. The smallest absolute Gasteiger partial charge is 0.224 e. The molecule has 0 aromatic heterocycles. The molecule has 4 nitrogen and oxygen atoms in total. The summed E-state index contributed by atoms with van der Waals surface area (Å²) in [5.74, 6) is 1.29. The van der Waals surface area contributed by atoms with Crippen molar-refractivity contribution < 1.29 is 9.53 Å². The molecule has 0 bridgehead atoms. The average molecular weight is 377 g/mol. The first kappa shape index (κ1) is 22.0. The lowest BCUT2D eigenvalue weighted by atomic mass is 9.99. The normalized spacial score (nSPS) is 11.6. The second-order valence-corrected chi connectivity index (χ2v) is 6.49. The van der Waals surface area contributed by atoms with E-state index in [0.29, 0.717) is 25.5 Å². The van der Waals surface area contributed by atoms with Crippen LogP contribution in [0.1, 0.15) is 49.4 Å². The van der Waals surface area contributed by atoms with Crippen molar-refractivity contribution in [3.05, 3.63) is 65.2 Å². The van der Waals surface area contributed by atoms with Gasteiger partial charge in [-0.05, 0) is 41.7 Å². The highest BCUT2D eigenvalue weighted by atomic mass is 35.5. The zero-order valence-corrected chi connectivity index (χ0v) is 16.5. The Hall–Kier alpha value is -2.04. The molecule has 26 heavy (non-hydrogen) atoms. The fraction of sp³-hybridized carbons (Fsp3) is 0.381. The van der Waals surface area contributed by atoms with Crippen LogP contribution in [-0.4, -0.2) is 19.1 Å². The number of hydrogen-bond donors (Lipinski definition) is 2. The summed E-state index contributed by atoms with van der Waals surface area (Å²) >= 11 is 0. The molecule has 0 radical (unpaired) electrons. The predicted molar refractivity (Wildman–Crippen MR) is 109 cm³/mol. The number of nitrogens with one attached hydrogen (secondary N) is 1. The molecule has 0 aliphatic heterocycles. The third-order valence-electron chi connectivity index (χ3n) is 4.15. The largest absolute Gasteiger partial charge is 0.494 e. The number of benzene rings is 2. The summed E-state index contributed by atoms with van der Waals surface area (Å²) in [6.45, 7) is 7.33. The molecule has 0 saturated heterocycles. The maximum atomic E-state index is 12.1. The zero-order chi connectivity index (χ0) is 18.2. The molecule has 2 aromatic rings. The number of rotatable bonds is 8. The first-order chi connectivity index (χ1) is 12.0. The Kier molecular flexibility index (Phi) is 9.17. The molecule has 0 saturated carbocycles. The molecule has 0 aliphatic rings. The van der Waals surface area contributed by atoms with Gasteiger partial charge in [-0.1, -0.05) is 50.2 Å². The van der Waals surface area contributed by atoms with Gasteiger partial charge in [-0.25, -0.2) is 0 Å². The van der Waals surface area contributed by atoms with Gasteiger partial charge in [-0.2, -0.15) is 0 Å². The SMILES string of the molecule is CCOc1ccc(CC(=O)NCC(N)c2ccc(C(C)C)cc2)cc1.Cl. The van der Waals surface area contributed by atoms with E-state index in [-0.39, 0.29) is 24.4 Å². The highest BCUT2D eigenvalue weighted by molar-refractivity contribution is 5.85. The fourth-order valence-electron chi connectivity index (χ4n) is 2.59. The molecule has 0 aliphatic carbocycles. The number of nitrogens with two attached hydrogens (primary N) is 1. The molecular weight excluding hydrogens is 348 g/mol.